The molecular weight excluding hydrogens is 268 g/mol. The van der Waals surface area contributed by atoms with Gasteiger partial charge in [-0.2, -0.15) is 4.98 Å². The first kappa shape index (κ1) is 14.4. The lowest BCUT2D eigenvalue weighted by Gasteiger charge is -2.33. The van der Waals surface area contributed by atoms with Gasteiger partial charge in [-0.3, -0.25) is 0 Å². The lowest BCUT2D eigenvalue weighted by molar-refractivity contribution is 0.166. The van der Waals surface area contributed by atoms with E-state index in [0.29, 0.717) is 24.3 Å². The van der Waals surface area contributed by atoms with Crippen molar-refractivity contribution in [3.8, 4) is 0 Å². The van der Waals surface area contributed by atoms with E-state index in [1.165, 1.54) is 19.3 Å². The first-order chi connectivity index (χ1) is 10.2. The molecule has 1 aliphatic heterocycles. The molecule has 0 bridgehead atoms. The maximum Gasteiger partial charge on any atom is 0.317 e. The van der Waals surface area contributed by atoms with Crippen molar-refractivity contribution in [1.29, 1.82) is 0 Å². The van der Waals surface area contributed by atoms with Gasteiger partial charge in [-0.1, -0.05) is 24.4 Å². The zero-order chi connectivity index (χ0) is 14.7. The Morgan fingerprint density at radius 3 is 2.76 bits per heavy atom. The van der Waals surface area contributed by atoms with E-state index < -0.39 is 0 Å². The molecule has 1 atom stereocenters. The fourth-order valence-electron chi connectivity index (χ4n) is 3.35. The largest absolute Gasteiger partial charge is 0.339 e. The van der Waals surface area contributed by atoms with Crippen LogP contribution in [0.5, 0.6) is 0 Å². The summed E-state index contributed by atoms with van der Waals surface area (Å²) in [6.45, 7) is 3.33. The smallest absolute Gasteiger partial charge is 0.317 e. The van der Waals surface area contributed by atoms with Crippen molar-refractivity contribution in [3.63, 3.8) is 0 Å². The van der Waals surface area contributed by atoms with Crippen molar-refractivity contribution >= 4 is 6.03 Å². The number of rotatable bonds is 2. The van der Waals surface area contributed by atoms with E-state index in [2.05, 4.69) is 15.5 Å². The second-order valence-electron chi connectivity index (χ2n) is 6.25. The maximum absolute atomic E-state index is 12.4. The summed E-state index contributed by atoms with van der Waals surface area (Å²) >= 11 is 0. The van der Waals surface area contributed by atoms with Gasteiger partial charge >= 0.3 is 6.03 Å². The molecule has 2 heterocycles. The van der Waals surface area contributed by atoms with Crippen LogP contribution in [-0.4, -0.2) is 40.2 Å². The number of nitrogens with zero attached hydrogens (tertiary/aromatic N) is 3. The number of amides is 2. The minimum absolute atomic E-state index is 0.0721. The van der Waals surface area contributed by atoms with Gasteiger partial charge in [0.2, 0.25) is 5.89 Å². The SMILES string of the molecule is Cc1noc([C@@H]2CCCN(C(=O)NC3CCCCC3)C2)n1. The van der Waals surface area contributed by atoms with E-state index in [0.717, 1.165) is 32.2 Å². The topological polar surface area (TPSA) is 71.3 Å². The predicted octanol–water partition coefficient (Wildman–Crippen LogP) is 2.60. The fourth-order valence-corrected chi connectivity index (χ4v) is 3.35. The molecule has 2 fully saturated rings. The van der Waals surface area contributed by atoms with Gasteiger partial charge in [0.25, 0.3) is 0 Å². The zero-order valence-corrected chi connectivity index (χ0v) is 12.7. The normalized spacial score (nSPS) is 24.0. The number of aromatic nitrogens is 2. The van der Waals surface area contributed by atoms with E-state index in [9.17, 15) is 4.79 Å². The van der Waals surface area contributed by atoms with Crippen molar-refractivity contribution in [2.24, 2.45) is 0 Å². The average molecular weight is 292 g/mol. The Hall–Kier alpha value is -1.59. The van der Waals surface area contributed by atoms with E-state index in [-0.39, 0.29) is 11.9 Å². The van der Waals surface area contributed by atoms with E-state index in [1.807, 2.05) is 11.8 Å². The van der Waals surface area contributed by atoms with Gasteiger partial charge in [-0.05, 0) is 32.6 Å². The molecule has 0 spiro atoms. The Morgan fingerprint density at radius 1 is 1.24 bits per heavy atom. The Bertz CT molecular complexity index is 482. The minimum Gasteiger partial charge on any atom is -0.339 e. The maximum atomic E-state index is 12.4. The molecule has 0 aromatic carbocycles. The van der Waals surface area contributed by atoms with Crippen LogP contribution in [-0.2, 0) is 0 Å². The second kappa shape index (κ2) is 6.45. The molecule has 0 radical (unpaired) electrons. The van der Waals surface area contributed by atoms with Crippen LogP contribution in [0, 0.1) is 6.92 Å². The Balaban J connectivity index is 1.56. The van der Waals surface area contributed by atoms with Crippen molar-refractivity contribution in [1.82, 2.24) is 20.4 Å². The van der Waals surface area contributed by atoms with Crippen LogP contribution >= 0.6 is 0 Å². The summed E-state index contributed by atoms with van der Waals surface area (Å²) in [6.07, 6.45) is 8.00. The highest BCUT2D eigenvalue weighted by Crippen LogP contribution is 2.26. The lowest BCUT2D eigenvalue weighted by Crippen LogP contribution is -2.48. The quantitative estimate of drug-likeness (QED) is 0.909. The summed E-state index contributed by atoms with van der Waals surface area (Å²) in [4.78, 5) is 18.6. The highest BCUT2D eigenvalue weighted by Gasteiger charge is 2.29. The van der Waals surface area contributed by atoms with Crippen LogP contribution < -0.4 is 5.32 Å². The third kappa shape index (κ3) is 3.54. The minimum atomic E-state index is 0.0721. The number of hydrogen-bond acceptors (Lipinski definition) is 4. The molecule has 3 rings (SSSR count). The molecule has 1 aromatic heterocycles. The number of hydrogen-bond donors (Lipinski definition) is 1. The zero-order valence-electron chi connectivity index (χ0n) is 12.7. The lowest BCUT2D eigenvalue weighted by atomic mass is 9.95. The van der Waals surface area contributed by atoms with E-state index in [4.69, 9.17) is 4.52 Å². The molecule has 116 valence electrons. The number of aryl methyl sites for hydroxylation is 1. The molecule has 21 heavy (non-hydrogen) atoms. The van der Waals surface area contributed by atoms with Gasteiger partial charge in [-0.15, -0.1) is 0 Å². The van der Waals surface area contributed by atoms with Crippen LogP contribution in [0.15, 0.2) is 4.52 Å². The standard InChI is InChI=1S/C15H24N4O2/c1-11-16-14(21-18-11)12-6-5-9-19(10-12)15(20)17-13-7-3-2-4-8-13/h12-13H,2-10H2,1H3,(H,17,20)/t12-/m1/s1. The summed E-state index contributed by atoms with van der Waals surface area (Å²) in [5.74, 6) is 1.51. The van der Waals surface area contributed by atoms with Crippen LogP contribution in [0.3, 0.4) is 0 Å². The predicted molar refractivity (Wildman–Crippen MR) is 78.0 cm³/mol. The molecule has 2 aliphatic rings. The molecule has 1 aliphatic carbocycles. The summed E-state index contributed by atoms with van der Waals surface area (Å²) in [6, 6.07) is 0.431. The van der Waals surface area contributed by atoms with Gasteiger partial charge in [-0.25, -0.2) is 4.79 Å². The first-order valence-electron chi connectivity index (χ1n) is 8.08. The fraction of sp³-hybridized carbons (Fsp3) is 0.800. The molecule has 1 saturated carbocycles. The van der Waals surface area contributed by atoms with Crippen molar-refractivity contribution in [2.75, 3.05) is 13.1 Å². The van der Waals surface area contributed by atoms with Gasteiger partial charge in [0.15, 0.2) is 5.82 Å². The van der Waals surface area contributed by atoms with E-state index >= 15 is 0 Å². The third-order valence-corrected chi connectivity index (χ3v) is 4.53. The van der Waals surface area contributed by atoms with Crippen molar-refractivity contribution in [2.45, 2.75) is 63.8 Å². The number of likely N-dealkylation sites (tertiary alicyclic amines) is 1. The average Bonchev–Trinajstić information content (AvgIpc) is 2.95. The van der Waals surface area contributed by atoms with Crippen LogP contribution in [0.2, 0.25) is 0 Å². The summed E-state index contributed by atoms with van der Waals surface area (Å²) in [5.41, 5.74) is 0. The number of carbonyl (C=O) groups is 1. The van der Waals surface area contributed by atoms with Crippen LogP contribution in [0.4, 0.5) is 4.79 Å². The molecule has 6 nitrogen and oxygen atoms in total. The second-order valence-corrected chi connectivity index (χ2v) is 6.25. The highest BCUT2D eigenvalue weighted by molar-refractivity contribution is 5.74. The summed E-state index contributed by atoms with van der Waals surface area (Å²) in [7, 11) is 0. The Kier molecular flexibility index (Phi) is 4.41. The molecule has 6 heteroatoms. The third-order valence-electron chi connectivity index (χ3n) is 4.53. The Morgan fingerprint density at radius 2 is 2.05 bits per heavy atom. The van der Waals surface area contributed by atoms with Gasteiger partial charge in [0, 0.05) is 19.1 Å². The molecule has 1 saturated heterocycles. The van der Waals surface area contributed by atoms with Gasteiger partial charge < -0.3 is 14.7 Å². The molecule has 2 amide bonds. The molecule has 1 aromatic rings. The van der Waals surface area contributed by atoms with Gasteiger partial charge in [0.1, 0.15) is 0 Å². The van der Waals surface area contributed by atoms with Crippen molar-refractivity contribution in [3.05, 3.63) is 11.7 Å². The Labute approximate surface area is 125 Å². The first-order valence-corrected chi connectivity index (χ1v) is 8.08. The number of urea groups is 1. The van der Waals surface area contributed by atoms with Crippen LogP contribution in [0.1, 0.15) is 62.6 Å². The molecular formula is C15H24N4O2. The van der Waals surface area contributed by atoms with Crippen molar-refractivity contribution < 1.29 is 9.32 Å². The van der Waals surface area contributed by atoms with Crippen LogP contribution in [0.25, 0.3) is 0 Å². The van der Waals surface area contributed by atoms with Gasteiger partial charge in [0.05, 0.1) is 5.92 Å². The monoisotopic (exact) mass is 292 g/mol. The number of nitrogens with one attached hydrogen (secondary N) is 1. The summed E-state index contributed by atoms with van der Waals surface area (Å²) in [5, 5.41) is 7.04. The molecule has 1 N–H and O–H groups in total. The number of piperidine rings is 1. The number of carbonyl (C=O) groups excluding carboxylic acids is 1. The molecule has 0 unspecified atom stereocenters. The van der Waals surface area contributed by atoms with E-state index in [1.54, 1.807) is 0 Å². The summed E-state index contributed by atoms with van der Waals surface area (Å²) < 4.78 is 5.26. The highest BCUT2D eigenvalue weighted by atomic mass is 16.5.